The van der Waals surface area contributed by atoms with Crippen molar-refractivity contribution in [1.29, 1.82) is 0 Å². The largest absolute Gasteiger partial charge is 0.455 e. The Bertz CT molecular complexity index is 3260. The first-order chi connectivity index (χ1) is 28.3. The Labute approximate surface area is 335 Å². The Balaban J connectivity index is 1.17. The second-order valence-electron chi connectivity index (χ2n) is 14.4. The van der Waals surface area contributed by atoms with Crippen molar-refractivity contribution in [3.8, 4) is 44.5 Å². The van der Waals surface area contributed by atoms with E-state index in [9.17, 15) is 0 Å². The van der Waals surface area contributed by atoms with Gasteiger partial charge >= 0.3 is 0 Å². The van der Waals surface area contributed by atoms with Gasteiger partial charge in [-0.2, -0.15) is 0 Å². The average Bonchev–Trinajstić information content (AvgIpc) is 3.86. The van der Waals surface area contributed by atoms with Gasteiger partial charge in [0, 0.05) is 53.3 Å². The molecule has 0 atom stereocenters. The van der Waals surface area contributed by atoms with Crippen LogP contribution in [0.4, 0.5) is 17.1 Å². The maximum atomic E-state index is 6.66. The van der Waals surface area contributed by atoms with Gasteiger partial charge in [-0.15, -0.1) is 11.3 Å². The van der Waals surface area contributed by atoms with Crippen molar-refractivity contribution in [2.45, 2.75) is 0 Å². The van der Waals surface area contributed by atoms with Gasteiger partial charge in [0.2, 0.25) is 0 Å². The number of rotatable bonds is 7. The molecule has 9 aromatic carbocycles. The van der Waals surface area contributed by atoms with Crippen LogP contribution >= 0.6 is 11.3 Å². The molecule has 0 fully saturated rings. The zero-order chi connectivity index (χ0) is 37.7. The van der Waals surface area contributed by atoms with Crippen molar-refractivity contribution in [2.24, 2.45) is 0 Å². The minimum Gasteiger partial charge on any atom is -0.455 e. The third-order valence-electron chi connectivity index (χ3n) is 11.1. The summed E-state index contributed by atoms with van der Waals surface area (Å²) in [5, 5.41) is 4.80. The van der Waals surface area contributed by atoms with Crippen LogP contribution in [-0.2, 0) is 0 Å². The predicted molar refractivity (Wildman–Crippen MR) is 243 cm³/mol. The fourth-order valence-corrected chi connectivity index (χ4v) is 9.69. The van der Waals surface area contributed by atoms with Crippen LogP contribution < -0.4 is 4.90 Å². The lowest BCUT2D eigenvalue weighted by Crippen LogP contribution is -2.12. The molecular formula is C54H35NOS. The zero-order valence-electron chi connectivity index (χ0n) is 31.0. The van der Waals surface area contributed by atoms with Gasteiger partial charge in [0.05, 0.1) is 11.4 Å². The molecule has 11 rings (SSSR count). The quantitative estimate of drug-likeness (QED) is 0.162. The molecule has 3 heteroatoms. The standard InChI is InChI=1S/C54H35NOS/c1-2-17-36(18-3-1)38-19-4-5-20-39(38)40-21-6-7-22-41(40)42-23-8-12-29-49(42)55(37-33-34-46-45-26-11-15-32-52(45)57-53(46)35-37)50-30-13-9-24-43(50)47-27-16-28-48-44-25-10-14-31-51(44)56-54(47)48/h1-35H. The van der Waals surface area contributed by atoms with Crippen LogP contribution in [0.25, 0.3) is 86.6 Å². The highest BCUT2D eigenvalue weighted by molar-refractivity contribution is 7.25. The fraction of sp³-hybridized carbons (Fsp3) is 0. The van der Waals surface area contributed by atoms with E-state index in [-0.39, 0.29) is 0 Å². The zero-order valence-corrected chi connectivity index (χ0v) is 31.8. The van der Waals surface area contributed by atoms with E-state index in [0.717, 1.165) is 55.7 Å². The Morgan fingerprint density at radius 1 is 0.333 bits per heavy atom. The predicted octanol–water partition coefficient (Wildman–Crippen LogP) is 16.1. The molecule has 0 bridgehead atoms. The SMILES string of the molecule is c1ccc(-c2ccccc2-c2ccccc2-c2ccccc2N(c2ccc3c(c2)sc2ccccc23)c2ccccc2-c2cccc3c2oc2ccccc23)cc1. The van der Waals surface area contributed by atoms with Crippen LogP contribution in [0, 0.1) is 0 Å². The number of thiophene rings is 1. The molecule has 2 aromatic heterocycles. The summed E-state index contributed by atoms with van der Waals surface area (Å²) in [5.41, 5.74) is 14.3. The van der Waals surface area contributed by atoms with Crippen LogP contribution in [0.3, 0.4) is 0 Å². The van der Waals surface area contributed by atoms with Crippen LogP contribution in [0.5, 0.6) is 0 Å². The van der Waals surface area contributed by atoms with E-state index in [4.69, 9.17) is 4.42 Å². The monoisotopic (exact) mass is 745 g/mol. The molecule has 0 aliphatic heterocycles. The van der Waals surface area contributed by atoms with Crippen molar-refractivity contribution in [3.05, 3.63) is 212 Å². The van der Waals surface area contributed by atoms with Gasteiger partial charge in [-0.3, -0.25) is 0 Å². The third-order valence-corrected chi connectivity index (χ3v) is 12.3. The van der Waals surface area contributed by atoms with Crippen LogP contribution in [0.1, 0.15) is 0 Å². The van der Waals surface area contributed by atoms with E-state index in [1.54, 1.807) is 0 Å². The maximum Gasteiger partial charge on any atom is 0.143 e. The van der Waals surface area contributed by atoms with Gasteiger partial charge in [0.25, 0.3) is 0 Å². The number of anilines is 3. The summed E-state index contributed by atoms with van der Waals surface area (Å²) in [5.74, 6) is 0. The van der Waals surface area contributed by atoms with Gasteiger partial charge in [-0.05, 0) is 64.2 Å². The van der Waals surface area contributed by atoms with Gasteiger partial charge in [-0.25, -0.2) is 0 Å². The molecule has 2 nitrogen and oxygen atoms in total. The second-order valence-corrected chi connectivity index (χ2v) is 15.5. The average molecular weight is 746 g/mol. The van der Waals surface area contributed by atoms with Gasteiger partial charge < -0.3 is 9.32 Å². The van der Waals surface area contributed by atoms with Crippen LogP contribution in [0.15, 0.2) is 217 Å². The molecule has 0 aliphatic carbocycles. The van der Waals surface area contributed by atoms with Crippen molar-refractivity contribution in [2.75, 3.05) is 4.90 Å². The summed E-state index contributed by atoms with van der Waals surface area (Å²) in [6.45, 7) is 0. The Kier molecular flexibility index (Phi) is 8.04. The fourth-order valence-electron chi connectivity index (χ4n) is 8.55. The van der Waals surface area contributed by atoms with Gasteiger partial charge in [0.1, 0.15) is 11.2 Å². The summed E-state index contributed by atoms with van der Waals surface area (Å²) in [4.78, 5) is 2.45. The Morgan fingerprint density at radius 3 is 1.60 bits per heavy atom. The number of para-hydroxylation sites is 4. The molecule has 0 aliphatic rings. The highest BCUT2D eigenvalue weighted by Gasteiger charge is 2.24. The molecule has 0 unspecified atom stereocenters. The van der Waals surface area contributed by atoms with E-state index in [2.05, 4.69) is 211 Å². The number of hydrogen-bond donors (Lipinski definition) is 0. The normalized spacial score (nSPS) is 11.5. The molecule has 0 N–H and O–H groups in total. The molecule has 2 heterocycles. The lowest BCUT2D eigenvalue weighted by Gasteiger charge is -2.30. The third kappa shape index (κ3) is 5.63. The van der Waals surface area contributed by atoms with E-state index >= 15 is 0 Å². The van der Waals surface area contributed by atoms with E-state index in [1.807, 2.05) is 17.4 Å². The summed E-state index contributed by atoms with van der Waals surface area (Å²) in [6.07, 6.45) is 0. The van der Waals surface area contributed by atoms with Crippen molar-refractivity contribution < 1.29 is 4.42 Å². The lowest BCUT2D eigenvalue weighted by atomic mass is 9.88. The molecule has 0 saturated heterocycles. The molecule has 0 radical (unpaired) electrons. The Hall–Kier alpha value is -7.20. The minimum absolute atomic E-state index is 0.891. The smallest absolute Gasteiger partial charge is 0.143 e. The Morgan fingerprint density at radius 2 is 0.842 bits per heavy atom. The van der Waals surface area contributed by atoms with Gasteiger partial charge in [-0.1, -0.05) is 176 Å². The highest BCUT2D eigenvalue weighted by atomic mass is 32.1. The summed E-state index contributed by atoms with van der Waals surface area (Å²) < 4.78 is 9.21. The molecule has 0 saturated carbocycles. The minimum atomic E-state index is 0.891. The first-order valence-electron chi connectivity index (χ1n) is 19.3. The lowest BCUT2D eigenvalue weighted by molar-refractivity contribution is 0.670. The molecule has 268 valence electrons. The highest BCUT2D eigenvalue weighted by Crippen LogP contribution is 2.49. The first-order valence-corrected chi connectivity index (χ1v) is 20.2. The number of hydrogen-bond acceptors (Lipinski definition) is 3. The number of furan rings is 1. The molecule has 0 amide bonds. The van der Waals surface area contributed by atoms with Crippen LogP contribution in [-0.4, -0.2) is 0 Å². The van der Waals surface area contributed by atoms with Crippen LogP contribution in [0.2, 0.25) is 0 Å². The number of fused-ring (bicyclic) bond motifs is 6. The van der Waals surface area contributed by atoms with Crippen molar-refractivity contribution in [3.63, 3.8) is 0 Å². The number of nitrogens with zero attached hydrogens (tertiary/aromatic N) is 1. The van der Waals surface area contributed by atoms with Crippen molar-refractivity contribution >= 4 is 70.5 Å². The first kappa shape index (κ1) is 33.2. The summed E-state index contributed by atoms with van der Waals surface area (Å²) in [6, 6.07) is 76.4. The molecule has 57 heavy (non-hydrogen) atoms. The van der Waals surface area contributed by atoms with E-state index in [1.165, 1.54) is 48.0 Å². The second kappa shape index (κ2) is 13.8. The topological polar surface area (TPSA) is 16.4 Å². The molecule has 11 aromatic rings. The molecule has 0 spiro atoms. The van der Waals surface area contributed by atoms with E-state index in [0.29, 0.717) is 0 Å². The maximum absolute atomic E-state index is 6.66. The van der Waals surface area contributed by atoms with E-state index < -0.39 is 0 Å². The summed E-state index contributed by atoms with van der Waals surface area (Å²) in [7, 11) is 0. The molecular weight excluding hydrogens is 711 g/mol. The summed E-state index contributed by atoms with van der Waals surface area (Å²) >= 11 is 1.85. The number of benzene rings is 9. The van der Waals surface area contributed by atoms with Gasteiger partial charge in [0.15, 0.2) is 0 Å². The van der Waals surface area contributed by atoms with Crippen molar-refractivity contribution in [1.82, 2.24) is 0 Å².